The van der Waals surface area contributed by atoms with E-state index in [-0.39, 0.29) is 0 Å². The highest BCUT2D eigenvalue weighted by Gasteiger charge is 2.10. The van der Waals surface area contributed by atoms with E-state index in [0.717, 1.165) is 5.56 Å². The fraction of sp³-hybridized carbons (Fsp3) is 0.400. The van der Waals surface area contributed by atoms with Crippen molar-refractivity contribution < 1.29 is 4.79 Å². The Morgan fingerprint density at radius 1 is 1.22 bits per heavy atom. The third-order valence-electron chi connectivity index (χ3n) is 3.20. The molecule has 0 radical (unpaired) electrons. The van der Waals surface area contributed by atoms with Gasteiger partial charge in [-0.2, -0.15) is 0 Å². The van der Waals surface area contributed by atoms with Gasteiger partial charge in [0.05, 0.1) is 5.69 Å². The molecular weight excluding hydrogens is 224 g/mol. The van der Waals surface area contributed by atoms with Crippen LogP contribution in [0.4, 0.5) is 10.5 Å². The minimum atomic E-state index is -0.554. The molecule has 1 aliphatic rings. The Morgan fingerprint density at radius 2 is 1.94 bits per heavy atom. The van der Waals surface area contributed by atoms with Crippen molar-refractivity contribution in [2.45, 2.75) is 32.1 Å². The Kier molecular flexibility index (Phi) is 4.25. The molecule has 0 aromatic heterocycles. The predicted octanol–water partition coefficient (Wildman–Crippen LogP) is 3.11. The Labute approximate surface area is 108 Å². The summed E-state index contributed by atoms with van der Waals surface area (Å²) in [6.07, 6.45) is 6.27. The molecule has 0 spiro atoms. The second kappa shape index (κ2) is 6.11. The van der Waals surface area contributed by atoms with Gasteiger partial charge in [-0.05, 0) is 25.0 Å². The quantitative estimate of drug-likeness (QED) is 0.730. The first kappa shape index (κ1) is 12.5. The molecule has 0 unspecified atom stereocenters. The zero-order chi connectivity index (χ0) is 12.8. The molecule has 3 heteroatoms. The van der Waals surface area contributed by atoms with Crippen molar-refractivity contribution in [1.82, 2.24) is 0 Å². The predicted molar refractivity (Wildman–Crippen MR) is 73.1 cm³/mol. The lowest BCUT2D eigenvalue weighted by atomic mass is 9.89. The van der Waals surface area contributed by atoms with Gasteiger partial charge in [-0.1, -0.05) is 43.2 Å². The third-order valence-corrected chi connectivity index (χ3v) is 3.20. The molecule has 0 bridgehead atoms. The van der Waals surface area contributed by atoms with Gasteiger partial charge < -0.3 is 11.1 Å². The first-order valence-corrected chi connectivity index (χ1v) is 6.43. The molecule has 3 nitrogen and oxygen atoms in total. The number of hydrogen-bond acceptors (Lipinski definition) is 1. The van der Waals surface area contributed by atoms with Crippen LogP contribution in [0.5, 0.6) is 0 Å². The molecule has 3 N–H and O–H groups in total. The van der Waals surface area contributed by atoms with E-state index in [0.29, 0.717) is 11.6 Å². The molecular formula is C15H18N2O. The highest BCUT2D eigenvalue weighted by Crippen LogP contribution is 2.23. The number of primary amides is 1. The van der Waals surface area contributed by atoms with Crippen molar-refractivity contribution in [3.63, 3.8) is 0 Å². The van der Waals surface area contributed by atoms with Crippen LogP contribution < -0.4 is 11.1 Å². The number of para-hydroxylation sites is 1. The van der Waals surface area contributed by atoms with E-state index in [2.05, 4.69) is 17.2 Å². The topological polar surface area (TPSA) is 55.1 Å². The van der Waals surface area contributed by atoms with Gasteiger partial charge >= 0.3 is 6.03 Å². The molecule has 1 aliphatic carbocycles. The average molecular weight is 242 g/mol. The second-order valence-corrected chi connectivity index (χ2v) is 4.64. The highest BCUT2D eigenvalue weighted by atomic mass is 16.2. The standard InChI is InChI=1S/C15H18N2O/c16-15(18)17-14-9-5-4-8-13(14)11-10-12-6-2-1-3-7-12/h4-5,8-9,12H,1-3,6-7H2,(H3,16,17,18). The van der Waals surface area contributed by atoms with Crippen LogP contribution in [-0.4, -0.2) is 6.03 Å². The lowest BCUT2D eigenvalue weighted by Gasteiger charge is -2.15. The van der Waals surface area contributed by atoms with Crippen LogP contribution in [0.1, 0.15) is 37.7 Å². The van der Waals surface area contributed by atoms with E-state index >= 15 is 0 Å². The molecule has 1 fully saturated rings. The summed E-state index contributed by atoms with van der Waals surface area (Å²) in [5.41, 5.74) is 6.66. The molecule has 0 atom stereocenters. The molecule has 0 aliphatic heterocycles. The summed E-state index contributed by atoms with van der Waals surface area (Å²) in [6.45, 7) is 0. The fourth-order valence-electron chi connectivity index (χ4n) is 2.26. The van der Waals surface area contributed by atoms with Crippen molar-refractivity contribution in [3.05, 3.63) is 29.8 Å². The van der Waals surface area contributed by atoms with Crippen molar-refractivity contribution in [2.75, 3.05) is 5.32 Å². The van der Waals surface area contributed by atoms with Gasteiger partial charge in [0, 0.05) is 11.5 Å². The van der Waals surface area contributed by atoms with Crippen LogP contribution in [0.15, 0.2) is 24.3 Å². The van der Waals surface area contributed by atoms with Crippen molar-refractivity contribution in [2.24, 2.45) is 11.7 Å². The van der Waals surface area contributed by atoms with Crippen LogP contribution in [-0.2, 0) is 0 Å². The molecule has 2 amide bonds. The van der Waals surface area contributed by atoms with Crippen molar-refractivity contribution in [1.29, 1.82) is 0 Å². The number of nitrogens with two attached hydrogens (primary N) is 1. The van der Waals surface area contributed by atoms with Crippen LogP contribution in [0.3, 0.4) is 0 Å². The summed E-state index contributed by atoms with van der Waals surface area (Å²) in [5, 5.41) is 2.60. The second-order valence-electron chi connectivity index (χ2n) is 4.64. The average Bonchev–Trinajstić information content (AvgIpc) is 2.38. The first-order valence-electron chi connectivity index (χ1n) is 6.43. The van der Waals surface area contributed by atoms with Gasteiger partial charge in [0.1, 0.15) is 0 Å². The fourth-order valence-corrected chi connectivity index (χ4v) is 2.26. The molecule has 94 valence electrons. The summed E-state index contributed by atoms with van der Waals surface area (Å²) >= 11 is 0. The number of amides is 2. The minimum Gasteiger partial charge on any atom is -0.351 e. The lowest BCUT2D eigenvalue weighted by Crippen LogP contribution is -2.19. The van der Waals surface area contributed by atoms with Crippen LogP contribution in [0, 0.1) is 17.8 Å². The Bertz CT molecular complexity index is 479. The molecule has 2 rings (SSSR count). The smallest absolute Gasteiger partial charge is 0.316 e. The van der Waals surface area contributed by atoms with E-state index in [4.69, 9.17) is 5.73 Å². The summed E-state index contributed by atoms with van der Waals surface area (Å²) in [5.74, 6) is 6.98. The maximum absolute atomic E-state index is 10.9. The molecule has 1 aromatic rings. The molecule has 0 saturated heterocycles. The SMILES string of the molecule is NC(=O)Nc1ccccc1C#CC1CCCCC1. The number of anilines is 1. The van der Waals surface area contributed by atoms with E-state index in [1.54, 1.807) is 0 Å². The summed E-state index contributed by atoms with van der Waals surface area (Å²) in [4.78, 5) is 10.9. The van der Waals surface area contributed by atoms with Crippen LogP contribution in [0.2, 0.25) is 0 Å². The Morgan fingerprint density at radius 3 is 2.67 bits per heavy atom. The van der Waals surface area contributed by atoms with E-state index in [1.807, 2.05) is 24.3 Å². The summed E-state index contributed by atoms with van der Waals surface area (Å²) in [6, 6.07) is 6.94. The highest BCUT2D eigenvalue weighted by molar-refractivity contribution is 5.89. The lowest BCUT2D eigenvalue weighted by molar-refractivity contribution is 0.259. The van der Waals surface area contributed by atoms with Crippen molar-refractivity contribution >= 4 is 11.7 Å². The number of rotatable bonds is 1. The summed E-state index contributed by atoms with van der Waals surface area (Å²) < 4.78 is 0. The van der Waals surface area contributed by atoms with E-state index in [1.165, 1.54) is 32.1 Å². The van der Waals surface area contributed by atoms with Crippen LogP contribution in [0.25, 0.3) is 0 Å². The maximum Gasteiger partial charge on any atom is 0.316 e. The number of carbonyl (C=O) groups is 1. The maximum atomic E-state index is 10.9. The molecule has 1 aromatic carbocycles. The largest absolute Gasteiger partial charge is 0.351 e. The Balaban J connectivity index is 2.12. The summed E-state index contributed by atoms with van der Waals surface area (Å²) in [7, 11) is 0. The van der Waals surface area contributed by atoms with Crippen molar-refractivity contribution in [3.8, 4) is 11.8 Å². The number of hydrogen-bond donors (Lipinski definition) is 2. The van der Waals surface area contributed by atoms with E-state index < -0.39 is 6.03 Å². The van der Waals surface area contributed by atoms with Gasteiger partial charge in [0.25, 0.3) is 0 Å². The molecule has 0 heterocycles. The van der Waals surface area contributed by atoms with Gasteiger partial charge in [0.2, 0.25) is 0 Å². The monoisotopic (exact) mass is 242 g/mol. The van der Waals surface area contributed by atoms with Gasteiger partial charge in [0.15, 0.2) is 0 Å². The number of urea groups is 1. The third kappa shape index (κ3) is 3.53. The first-order chi connectivity index (χ1) is 8.75. The zero-order valence-corrected chi connectivity index (χ0v) is 10.4. The normalized spacial score (nSPS) is 15.6. The van der Waals surface area contributed by atoms with Gasteiger partial charge in [-0.15, -0.1) is 0 Å². The molecule has 18 heavy (non-hydrogen) atoms. The number of benzene rings is 1. The van der Waals surface area contributed by atoms with Gasteiger partial charge in [-0.3, -0.25) is 0 Å². The van der Waals surface area contributed by atoms with Gasteiger partial charge in [-0.25, -0.2) is 4.79 Å². The van der Waals surface area contributed by atoms with Crippen LogP contribution >= 0.6 is 0 Å². The number of carbonyl (C=O) groups excluding carboxylic acids is 1. The zero-order valence-electron chi connectivity index (χ0n) is 10.4. The molecule has 1 saturated carbocycles. The Hall–Kier alpha value is -1.95. The number of nitrogens with one attached hydrogen (secondary N) is 1. The minimum absolute atomic E-state index is 0.500. The van der Waals surface area contributed by atoms with E-state index in [9.17, 15) is 4.79 Å².